The van der Waals surface area contributed by atoms with Crippen molar-refractivity contribution in [1.82, 2.24) is 9.80 Å². The molecule has 1 aliphatic heterocycles. The number of hydrogen-bond donors (Lipinski definition) is 1. The Bertz CT molecular complexity index is 641. The van der Waals surface area contributed by atoms with Crippen LogP contribution in [0.3, 0.4) is 0 Å². The van der Waals surface area contributed by atoms with Gasteiger partial charge in [-0.05, 0) is 31.9 Å². The first-order valence-corrected chi connectivity index (χ1v) is 8.61. The molecular formula is C18H23F3N2O3. The number of piperazine rings is 1. The molecule has 1 aliphatic rings. The Balaban J connectivity index is 1.94. The van der Waals surface area contributed by atoms with Crippen LogP contribution in [0.4, 0.5) is 13.2 Å². The molecule has 1 fully saturated rings. The third-order valence-corrected chi connectivity index (χ3v) is 4.70. The number of carboxylic acid groups (broad SMARTS) is 1. The fraction of sp³-hybridized carbons (Fsp3) is 0.556. The molecular weight excluding hydrogens is 349 g/mol. The van der Waals surface area contributed by atoms with E-state index >= 15 is 0 Å². The van der Waals surface area contributed by atoms with Gasteiger partial charge in [0.2, 0.25) is 0 Å². The van der Waals surface area contributed by atoms with Crippen LogP contribution in [0.25, 0.3) is 0 Å². The summed E-state index contributed by atoms with van der Waals surface area (Å²) in [6.07, 6.45) is -3.13. The lowest BCUT2D eigenvalue weighted by Gasteiger charge is -2.38. The first-order chi connectivity index (χ1) is 12.2. The molecule has 1 aromatic rings. The predicted octanol–water partition coefficient (Wildman–Crippen LogP) is 3.11. The Morgan fingerprint density at radius 1 is 1.15 bits per heavy atom. The minimum absolute atomic E-state index is 0.122. The van der Waals surface area contributed by atoms with Gasteiger partial charge in [-0.15, -0.1) is 0 Å². The van der Waals surface area contributed by atoms with E-state index in [0.717, 1.165) is 12.5 Å². The number of hydrogen-bond acceptors (Lipinski definition) is 3. The molecule has 1 saturated heterocycles. The molecule has 0 aromatic heterocycles. The van der Waals surface area contributed by atoms with Gasteiger partial charge in [-0.3, -0.25) is 14.5 Å². The molecule has 1 amide bonds. The standard InChI is InChI=1S/C18H23F3N2O3/c1-13(5-4-8-16(24)25)22-9-11-23(12-10-22)17(26)14-6-2-3-7-15(14)18(19,20)21/h2-3,6-7,13H,4-5,8-12H2,1H3,(H,24,25). The van der Waals surface area contributed by atoms with Crippen molar-refractivity contribution in [3.8, 4) is 0 Å². The van der Waals surface area contributed by atoms with Gasteiger partial charge < -0.3 is 10.0 Å². The lowest BCUT2D eigenvalue weighted by molar-refractivity contribution is -0.138. The average molecular weight is 372 g/mol. The molecule has 2 rings (SSSR count). The summed E-state index contributed by atoms with van der Waals surface area (Å²) < 4.78 is 39.3. The van der Waals surface area contributed by atoms with Crippen LogP contribution in [0, 0.1) is 0 Å². The topological polar surface area (TPSA) is 60.9 Å². The van der Waals surface area contributed by atoms with E-state index in [0.29, 0.717) is 32.6 Å². The summed E-state index contributed by atoms with van der Waals surface area (Å²) in [6, 6.07) is 5.02. The predicted molar refractivity (Wildman–Crippen MR) is 89.9 cm³/mol. The second-order valence-electron chi connectivity index (χ2n) is 6.51. The van der Waals surface area contributed by atoms with E-state index in [4.69, 9.17) is 5.11 Å². The van der Waals surface area contributed by atoms with Crippen molar-refractivity contribution in [3.63, 3.8) is 0 Å². The summed E-state index contributed by atoms with van der Waals surface area (Å²) in [6.45, 7) is 3.84. The van der Waals surface area contributed by atoms with Crippen LogP contribution in [-0.4, -0.2) is 59.0 Å². The molecule has 1 atom stereocenters. The van der Waals surface area contributed by atoms with Crippen LogP contribution in [0.5, 0.6) is 0 Å². The SMILES string of the molecule is CC(CCCC(=O)O)N1CCN(C(=O)c2ccccc2C(F)(F)F)CC1. The maximum absolute atomic E-state index is 13.1. The number of carbonyl (C=O) groups is 2. The van der Waals surface area contributed by atoms with Crippen molar-refractivity contribution in [2.24, 2.45) is 0 Å². The highest BCUT2D eigenvalue weighted by Crippen LogP contribution is 2.32. The lowest BCUT2D eigenvalue weighted by Crippen LogP contribution is -2.51. The minimum Gasteiger partial charge on any atom is -0.481 e. The van der Waals surface area contributed by atoms with E-state index in [1.165, 1.54) is 23.1 Å². The fourth-order valence-corrected chi connectivity index (χ4v) is 3.18. The first-order valence-electron chi connectivity index (χ1n) is 8.61. The molecule has 0 spiro atoms. The molecule has 0 radical (unpaired) electrons. The molecule has 8 heteroatoms. The van der Waals surface area contributed by atoms with Gasteiger partial charge in [0.15, 0.2) is 0 Å². The summed E-state index contributed by atoms with van der Waals surface area (Å²) in [4.78, 5) is 26.7. The van der Waals surface area contributed by atoms with Crippen LogP contribution in [0.15, 0.2) is 24.3 Å². The van der Waals surface area contributed by atoms with Crippen LogP contribution >= 0.6 is 0 Å². The van der Waals surface area contributed by atoms with Gasteiger partial charge in [-0.2, -0.15) is 13.2 Å². The van der Waals surface area contributed by atoms with Crippen LogP contribution < -0.4 is 0 Å². The lowest BCUT2D eigenvalue weighted by atomic mass is 10.0. The largest absolute Gasteiger partial charge is 0.481 e. The van der Waals surface area contributed by atoms with Crippen LogP contribution in [0.1, 0.15) is 42.1 Å². The van der Waals surface area contributed by atoms with Gasteiger partial charge in [-0.1, -0.05) is 12.1 Å². The number of amides is 1. The zero-order valence-corrected chi connectivity index (χ0v) is 14.6. The fourth-order valence-electron chi connectivity index (χ4n) is 3.18. The molecule has 5 nitrogen and oxygen atoms in total. The van der Waals surface area contributed by atoms with Gasteiger partial charge >= 0.3 is 12.1 Å². The van der Waals surface area contributed by atoms with E-state index in [-0.39, 0.29) is 18.0 Å². The quantitative estimate of drug-likeness (QED) is 0.834. The molecule has 1 unspecified atom stereocenters. The number of halogens is 3. The Hall–Kier alpha value is -2.09. The van der Waals surface area contributed by atoms with Crippen molar-refractivity contribution >= 4 is 11.9 Å². The van der Waals surface area contributed by atoms with Crippen molar-refractivity contribution in [1.29, 1.82) is 0 Å². The van der Waals surface area contributed by atoms with E-state index in [1.54, 1.807) is 0 Å². The molecule has 0 bridgehead atoms. The summed E-state index contributed by atoms with van der Waals surface area (Å²) in [7, 11) is 0. The molecule has 1 aromatic carbocycles. The van der Waals surface area contributed by atoms with E-state index < -0.39 is 23.6 Å². The Labute approximate surface area is 150 Å². The average Bonchev–Trinajstić information content (AvgIpc) is 2.60. The van der Waals surface area contributed by atoms with E-state index in [2.05, 4.69) is 4.90 Å². The summed E-state index contributed by atoms with van der Waals surface area (Å²) >= 11 is 0. The molecule has 26 heavy (non-hydrogen) atoms. The highest BCUT2D eigenvalue weighted by molar-refractivity contribution is 5.96. The molecule has 1 N–H and O–H groups in total. The molecule has 0 saturated carbocycles. The van der Waals surface area contributed by atoms with E-state index in [9.17, 15) is 22.8 Å². The normalized spacial score (nSPS) is 17.2. The van der Waals surface area contributed by atoms with Gasteiger partial charge in [0, 0.05) is 38.6 Å². The highest BCUT2D eigenvalue weighted by Gasteiger charge is 2.36. The van der Waals surface area contributed by atoms with Crippen molar-refractivity contribution in [3.05, 3.63) is 35.4 Å². The zero-order chi connectivity index (χ0) is 19.3. The highest BCUT2D eigenvalue weighted by atomic mass is 19.4. The smallest absolute Gasteiger partial charge is 0.417 e. The number of carboxylic acids is 1. The van der Waals surface area contributed by atoms with Crippen molar-refractivity contribution in [2.75, 3.05) is 26.2 Å². The summed E-state index contributed by atoms with van der Waals surface area (Å²) in [5.74, 6) is -1.42. The third-order valence-electron chi connectivity index (χ3n) is 4.70. The van der Waals surface area contributed by atoms with Gasteiger partial charge in [0.1, 0.15) is 0 Å². The van der Waals surface area contributed by atoms with Crippen LogP contribution in [-0.2, 0) is 11.0 Å². The maximum atomic E-state index is 13.1. The summed E-state index contributed by atoms with van der Waals surface area (Å²) in [5.41, 5.74) is -1.22. The van der Waals surface area contributed by atoms with E-state index in [1.807, 2.05) is 6.92 Å². The maximum Gasteiger partial charge on any atom is 0.417 e. The minimum atomic E-state index is -4.56. The van der Waals surface area contributed by atoms with Gasteiger partial charge in [0.05, 0.1) is 11.1 Å². The number of benzene rings is 1. The Kier molecular flexibility index (Phi) is 6.63. The number of carbonyl (C=O) groups excluding carboxylic acids is 1. The Morgan fingerprint density at radius 3 is 2.35 bits per heavy atom. The number of alkyl halides is 3. The Morgan fingerprint density at radius 2 is 1.77 bits per heavy atom. The van der Waals surface area contributed by atoms with Gasteiger partial charge in [0.25, 0.3) is 5.91 Å². The third kappa shape index (κ3) is 5.20. The van der Waals surface area contributed by atoms with Gasteiger partial charge in [-0.25, -0.2) is 0 Å². The number of rotatable bonds is 6. The number of aliphatic carboxylic acids is 1. The second kappa shape index (κ2) is 8.53. The zero-order valence-electron chi connectivity index (χ0n) is 14.6. The summed E-state index contributed by atoms with van der Waals surface area (Å²) in [5, 5.41) is 8.68. The van der Waals surface area contributed by atoms with Crippen molar-refractivity contribution < 1.29 is 27.9 Å². The monoisotopic (exact) mass is 372 g/mol. The second-order valence-corrected chi connectivity index (χ2v) is 6.51. The van der Waals surface area contributed by atoms with Crippen molar-refractivity contribution in [2.45, 2.75) is 38.4 Å². The molecule has 1 heterocycles. The number of nitrogens with zero attached hydrogens (tertiary/aromatic N) is 2. The molecule has 0 aliphatic carbocycles. The molecule has 144 valence electrons. The first kappa shape index (κ1) is 20.2. The van der Waals surface area contributed by atoms with Crippen LogP contribution in [0.2, 0.25) is 0 Å².